The van der Waals surface area contributed by atoms with Crippen LogP contribution < -0.4 is 5.32 Å². The van der Waals surface area contributed by atoms with Gasteiger partial charge in [0.2, 0.25) is 5.91 Å². The largest absolute Gasteiger partial charge is 0.379 e. The van der Waals surface area contributed by atoms with Crippen molar-refractivity contribution in [2.75, 3.05) is 32.8 Å². The number of carbonyl (C=O) groups is 1. The minimum atomic E-state index is 0.136. The Morgan fingerprint density at radius 3 is 2.81 bits per heavy atom. The average Bonchev–Trinajstić information content (AvgIpc) is 3.07. The topological polar surface area (TPSA) is 57.4 Å². The van der Waals surface area contributed by atoms with Gasteiger partial charge in [-0.25, -0.2) is 0 Å². The molecule has 1 saturated heterocycles. The smallest absolute Gasteiger partial charge is 0.220 e. The Bertz CT molecular complexity index is 704. The van der Waals surface area contributed by atoms with Crippen LogP contribution in [0.4, 0.5) is 0 Å². The Morgan fingerprint density at radius 2 is 2.04 bits per heavy atom. The van der Waals surface area contributed by atoms with Crippen LogP contribution in [0.2, 0.25) is 0 Å². The lowest BCUT2D eigenvalue weighted by molar-refractivity contribution is -0.121. The van der Waals surface area contributed by atoms with E-state index in [-0.39, 0.29) is 5.91 Å². The van der Waals surface area contributed by atoms with Gasteiger partial charge < -0.3 is 15.0 Å². The molecule has 2 N–H and O–H groups in total. The predicted octanol–water partition coefficient (Wildman–Crippen LogP) is 2.96. The molecule has 1 aliphatic heterocycles. The van der Waals surface area contributed by atoms with E-state index in [9.17, 15) is 4.79 Å². The van der Waals surface area contributed by atoms with Crippen molar-refractivity contribution in [3.8, 4) is 0 Å². The lowest BCUT2D eigenvalue weighted by atomic mass is 10.0. The Kier molecular flexibility index (Phi) is 6.69. The Morgan fingerprint density at radius 1 is 1.27 bits per heavy atom. The number of rotatable bonds is 8. The van der Waals surface area contributed by atoms with Crippen molar-refractivity contribution in [2.45, 2.75) is 39.2 Å². The Balaban J connectivity index is 1.49. The highest BCUT2D eigenvalue weighted by Gasteiger charge is 2.22. The van der Waals surface area contributed by atoms with Crippen molar-refractivity contribution in [3.63, 3.8) is 0 Å². The molecule has 1 aromatic carbocycles. The molecule has 26 heavy (non-hydrogen) atoms. The number of aryl methyl sites for hydroxylation is 1. The van der Waals surface area contributed by atoms with Gasteiger partial charge in [0.25, 0.3) is 0 Å². The number of aromatic nitrogens is 1. The predicted molar refractivity (Wildman–Crippen MR) is 105 cm³/mol. The first-order valence-electron chi connectivity index (χ1n) is 9.77. The summed E-state index contributed by atoms with van der Waals surface area (Å²) in [4.78, 5) is 18.1. The van der Waals surface area contributed by atoms with Crippen LogP contribution >= 0.6 is 0 Å². The zero-order chi connectivity index (χ0) is 18.4. The highest BCUT2D eigenvalue weighted by atomic mass is 16.5. The summed E-state index contributed by atoms with van der Waals surface area (Å²) in [6.45, 7) is 8.72. The monoisotopic (exact) mass is 357 g/mol. The van der Waals surface area contributed by atoms with Crippen molar-refractivity contribution in [2.24, 2.45) is 5.92 Å². The third kappa shape index (κ3) is 5.08. The number of morpholine rings is 1. The molecular weight excluding hydrogens is 326 g/mol. The van der Waals surface area contributed by atoms with Gasteiger partial charge in [0.05, 0.1) is 13.2 Å². The highest BCUT2D eigenvalue weighted by Crippen LogP contribution is 2.19. The summed E-state index contributed by atoms with van der Waals surface area (Å²) in [5, 5.41) is 4.38. The maximum absolute atomic E-state index is 12.4. The molecule has 1 unspecified atom stereocenters. The Labute approximate surface area is 156 Å². The summed E-state index contributed by atoms with van der Waals surface area (Å²) in [5.41, 5.74) is 2.34. The number of nitrogens with one attached hydrogen (secondary N) is 2. The van der Waals surface area contributed by atoms with E-state index < -0.39 is 0 Å². The van der Waals surface area contributed by atoms with E-state index in [0.29, 0.717) is 18.4 Å². The normalized spacial score (nSPS) is 16.9. The number of nitrogens with zero attached hydrogens (tertiary/aromatic N) is 1. The summed E-state index contributed by atoms with van der Waals surface area (Å²) >= 11 is 0. The van der Waals surface area contributed by atoms with Crippen molar-refractivity contribution in [1.82, 2.24) is 15.2 Å². The van der Waals surface area contributed by atoms with Gasteiger partial charge >= 0.3 is 0 Å². The van der Waals surface area contributed by atoms with Crippen LogP contribution in [0.25, 0.3) is 10.9 Å². The van der Waals surface area contributed by atoms with Crippen LogP contribution in [0.5, 0.6) is 0 Å². The standard InChI is InChI=1S/C21H31N3O2/c1-16(2)13-18(24-9-11-26-12-10-24)15-23-21(25)8-7-17-14-22-20-6-4-3-5-19(17)20/h3-6,14,16,18,22H,7-13,15H2,1-2H3,(H,23,25). The first kappa shape index (κ1) is 18.9. The van der Waals surface area contributed by atoms with Crippen LogP contribution in [0.3, 0.4) is 0 Å². The highest BCUT2D eigenvalue weighted by molar-refractivity contribution is 5.84. The molecule has 1 fully saturated rings. The van der Waals surface area contributed by atoms with Gasteiger partial charge in [0.1, 0.15) is 0 Å². The molecule has 1 aromatic heterocycles. The third-order valence-electron chi connectivity index (χ3n) is 5.14. The number of amides is 1. The zero-order valence-corrected chi connectivity index (χ0v) is 16.0. The number of aromatic amines is 1. The molecule has 1 aliphatic rings. The summed E-state index contributed by atoms with van der Waals surface area (Å²) in [5.74, 6) is 0.753. The molecule has 5 nitrogen and oxygen atoms in total. The number of ether oxygens (including phenoxy) is 1. The molecule has 1 amide bonds. The van der Waals surface area contributed by atoms with E-state index in [1.807, 2.05) is 18.3 Å². The van der Waals surface area contributed by atoms with Gasteiger partial charge in [0.15, 0.2) is 0 Å². The number of para-hydroxylation sites is 1. The Hall–Kier alpha value is -1.85. The van der Waals surface area contributed by atoms with E-state index in [2.05, 4.69) is 41.2 Å². The lowest BCUT2D eigenvalue weighted by Gasteiger charge is -2.35. The van der Waals surface area contributed by atoms with E-state index in [1.54, 1.807) is 0 Å². The van der Waals surface area contributed by atoms with Crippen molar-refractivity contribution < 1.29 is 9.53 Å². The summed E-state index contributed by atoms with van der Waals surface area (Å²) in [6, 6.07) is 8.64. The van der Waals surface area contributed by atoms with E-state index >= 15 is 0 Å². The molecule has 0 aliphatic carbocycles. The molecule has 2 heterocycles. The second-order valence-corrected chi connectivity index (χ2v) is 7.60. The average molecular weight is 357 g/mol. The van der Waals surface area contributed by atoms with Crippen molar-refractivity contribution in [1.29, 1.82) is 0 Å². The van der Waals surface area contributed by atoms with Gasteiger partial charge in [-0.05, 0) is 30.4 Å². The first-order valence-corrected chi connectivity index (χ1v) is 9.77. The fraction of sp³-hybridized carbons (Fsp3) is 0.571. The maximum Gasteiger partial charge on any atom is 0.220 e. The number of carbonyl (C=O) groups excluding carboxylic acids is 1. The molecule has 1 atom stereocenters. The quantitative estimate of drug-likeness (QED) is 0.764. The molecule has 3 rings (SSSR count). The second-order valence-electron chi connectivity index (χ2n) is 7.60. The summed E-state index contributed by atoms with van der Waals surface area (Å²) < 4.78 is 5.46. The number of H-pyrrole nitrogens is 1. The van der Waals surface area contributed by atoms with E-state index in [0.717, 1.165) is 51.2 Å². The molecule has 5 heteroatoms. The van der Waals surface area contributed by atoms with Crippen LogP contribution in [-0.4, -0.2) is 54.7 Å². The SMILES string of the molecule is CC(C)CC(CNC(=O)CCc1c[nH]c2ccccc12)N1CCOCC1. The van der Waals surface area contributed by atoms with E-state index in [4.69, 9.17) is 4.74 Å². The fourth-order valence-corrected chi connectivity index (χ4v) is 3.75. The van der Waals surface area contributed by atoms with Crippen molar-refractivity contribution in [3.05, 3.63) is 36.0 Å². The van der Waals surface area contributed by atoms with Crippen LogP contribution in [0.15, 0.2) is 30.5 Å². The number of benzene rings is 1. The minimum absolute atomic E-state index is 0.136. The summed E-state index contributed by atoms with van der Waals surface area (Å²) in [7, 11) is 0. The second kappa shape index (κ2) is 9.19. The van der Waals surface area contributed by atoms with Crippen molar-refractivity contribution >= 4 is 16.8 Å². The van der Waals surface area contributed by atoms with Crippen LogP contribution in [0, 0.1) is 5.92 Å². The fourth-order valence-electron chi connectivity index (χ4n) is 3.75. The number of hydrogen-bond donors (Lipinski definition) is 2. The zero-order valence-electron chi connectivity index (χ0n) is 16.0. The van der Waals surface area contributed by atoms with Crippen LogP contribution in [-0.2, 0) is 16.0 Å². The molecule has 0 spiro atoms. The van der Waals surface area contributed by atoms with Gasteiger partial charge in [-0.1, -0.05) is 32.0 Å². The molecule has 0 saturated carbocycles. The molecule has 0 radical (unpaired) electrons. The maximum atomic E-state index is 12.4. The van der Waals surface area contributed by atoms with Gasteiger partial charge in [-0.2, -0.15) is 0 Å². The first-order chi connectivity index (χ1) is 12.6. The third-order valence-corrected chi connectivity index (χ3v) is 5.14. The number of hydrogen-bond acceptors (Lipinski definition) is 3. The molecule has 0 bridgehead atoms. The van der Waals surface area contributed by atoms with Crippen LogP contribution in [0.1, 0.15) is 32.3 Å². The summed E-state index contributed by atoms with van der Waals surface area (Å²) in [6.07, 6.45) is 4.41. The van der Waals surface area contributed by atoms with Gasteiger partial charge in [0, 0.05) is 49.2 Å². The van der Waals surface area contributed by atoms with Gasteiger partial charge in [-0.3, -0.25) is 9.69 Å². The molecular formula is C21H31N3O2. The van der Waals surface area contributed by atoms with Gasteiger partial charge in [-0.15, -0.1) is 0 Å². The lowest BCUT2D eigenvalue weighted by Crippen LogP contribution is -2.49. The minimum Gasteiger partial charge on any atom is -0.379 e. The molecule has 2 aromatic rings. The van der Waals surface area contributed by atoms with E-state index in [1.165, 1.54) is 10.9 Å². The number of fused-ring (bicyclic) bond motifs is 1. The molecule has 142 valence electrons.